The van der Waals surface area contributed by atoms with Crippen molar-refractivity contribution in [1.29, 1.82) is 0 Å². The minimum Gasteiger partial charge on any atom is -0.353 e. The molecule has 0 aliphatic rings. The molecule has 0 amide bonds. The van der Waals surface area contributed by atoms with Gasteiger partial charge in [0.15, 0.2) is 5.11 Å². The van der Waals surface area contributed by atoms with E-state index in [0.717, 1.165) is 5.69 Å². The summed E-state index contributed by atoms with van der Waals surface area (Å²) in [5.74, 6) is 0. The van der Waals surface area contributed by atoms with Crippen molar-refractivity contribution in [3.8, 4) is 5.69 Å². The highest BCUT2D eigenvalue weighted by molar-refractivity contribution is 7.90. The number of nitrogens with zero attached hydrogens (tertiary/aromatic N) is 4. The molecule has 0 bridgehead atoms. The topological polar surface area (TPSA) is 67.0 Å². The van der Waals surface area contributed by atoms with Crippen LogP contribution in [0.2, 0.25) is 0 Å². The van der Waals surface area contributed by atoms with Crippen molar-refractivity contribution < 1.29 is 8.42 Å². The predicted octanol–water partition coefficient (Wildman–Crippen LogP) is 2.64. The summed E-state index contributed by atoms with van der Waals surface area (Å²) in [6, 6.07) is 17.5. The summed E-state index contributed by atoms with van der Waals surface area (Å²) < 4.78 is 31.1. The molecule has 2 aromatic carbocycles. The van der Waals surface area contributed by atoms with Crippen LogP contribution < -0.4 is 9.60 Å². The third-order valence-corrected chi connectivity index (χ3v) is 7.33. The average molecular weight is 437 g/mol. The highest BCUT2D eigenvalue weighted by Crippen LogP contribution is 2.12. The lowest BCUT2D eigenvalue weighted by molar-refractivity contribution is 0.596. The van der Waals surface area contributed by atoms with Crippen LogP contribution in [-0.2, 0) is 10.0 Å². The number of benzene rings is 2. The molecule has 3 aromatic rings. The molecule has 27 heavy (non-hydrogen) atoms. The van der Waals surface area contributed by atoms with Crippen LogP contribution in [0.25, 0.3) is 5.69 Å². The maximum atomic E-state index is 12.7. The fourth-order valence-electron chi connectivity index (χ4n) is 2.08. The van der Waals surface area contributed by atoms with E-state index in [2.05, 4.69) is 9.39 Å². The molecule has 0 unspecified atom stereocenters. The summed E-state index contributed by atoms with van der Waals surface area (Å²) in [7, 11) is 2.33. The molecule has 3 rings (SSSR count). The van der Waals surface area contributed by atoms with Crippen molar-refractivity contribution in [1.82, 2.24) is 9.47 Å². The van der Waals surface area contributed by atoms with Crippen molar-refractivity contribution in [2.75, 3.05) is 14.1 Å². The van der Waals surface area contributed by atoms with Gasteiger partial charge in [0.2, 0.25) is 9.60 Å². The van der Waals surface area contributed by atoms with Crippen molar-refractivity contribution in [3.05, 3.63) is 70.3 Å². The molecule has 10 heteroatoms. The first-order valence-electron chi connectivity index (χ1n) is 7.78. The summed E-state index contributed by atoms with van der Waals surface area (Å²) in [5.41, 5.74) is 0.761. The average Bonchev–Trinajstić information content (AvgIpc) is 3.04. The number of thiocarbonyl (C=S) groups is 1. The Morgan fingerprint density at radius 2 is 1.52 bits per heavy atom. The van der Waals surface area contributed by atoms with E-state index in [1.807, 2.05) is 30.3 Å². The highest BCUT2D eigenvalue weighted by Gasteiger charge is 2.14. The Balaban J connectivity index is 2.26. The minimum absolute atomic E-state index is 0.144. The van der Waals surface area contributed by atoms with Gasteiger partial charge in [-0.3, -0.25) is 4.57 Å². The van der Waals surface area contributed by atoms with Crippen LogP contribution in [0, 0.1) is 0 Å². The lowest BCUT2D eigenvalue weighted by atomic mass is 10.3. The molecular weight excluding hydrogens is 420 g/mol. The van der Waals surface area contributed by atoms with Gasteiger partial charge in [0.1, 0.15) is 0 Å². The summed E-state index contributed by atoms with van der Waals surface area (Å²) in [5, 5.41) is 0.395. The summed E-state index contributed by atoms with van der Waals surface area (Å²) in [4.78, 5) is 7.19. The first-order valence-corrected chi connectivity index (χ1v) is 11.8. The van der Waals surface area contributed by atoms with Crippen LogP contribution in [0.4, 0.5) is 0 Å². The van der Waals surface area contributed by atoms with Gasteiger partial charge in [0.05, 0.1) is 10.6 Å². The number of aromatic nitrogens is 1. The largest absolute Gasteiger partial charge is 0.353 e. The van der Waals surface area contributed by atoms with Crippen LogP contribution in [0.1, 0.15) is 0 Å². The first kappa shape index (κ1) is 19.6. The second-order valence-electron chi connectivity index (χ2n) is 5.57. The second kappa shape index (κ2) is 8.26. The van der Waals surface area contributed by atoms with E-state index in [1.165, 1.54) is 32.8 Å². The van der Waals surface area contributed by atoms with Crippen LogP contribution in [0.15, 0.2) is 74.9 Å². The molecule has 0 saturated carbocycles. The number of hydrogen-bond donors (Lipinski definition) is 0. The SMILES string of the molecule is CN(C)C(=S)N=c1ssc(=NS(=O)(=O)c2ccccc2)n1-c1ccccc1. The molecule has 1 aromatic heterocycles. The minimum atomic E-state index is -3.84. The maximum absolute atomic E-state index is 12.7. The van der Waals surface area contributed by atoms with Crippen LogP contribution in [0.5, 0.6) is 0 Å². The lowest BCUT2D eigenvalue weighted by Gasteiger charge is -2.08. The molecule has 0 spiro atoms. The Bertz CT molecular complexity index is 1170. The van der Waals surface area contributed by atoms with Crippen molar-refractivity contribution in [2.24, 2.45) is 9.39 Å². The zero-order valence-electron chi connectivity index (χ0n) is 14.5. The maximum Gasteiger partial charge on any atom is 0.285 e. The van der Waals surface area contributed by atoms with Gasteiger partial charge in [0.25, 0.3) is 10.0 Å². The lowest BCUT2D eigenvalue weighted by Crippen LogP contribution is -2.28. The fourth-order valence-corrected chi connectivity index (χ4v) is 5.68. The van der Waals surface area contributed by atoms with Crippen LogP contribution in [-0.4, -0.2) is 37.1 Å². The third kappa shape index (κ3) is 4.59. The second-order valence-corrected chi connectivity index (χ2v) is 9.60. The highest BCUT2D eigenvalue weighted by atomic mass is 32.9. The summed E-state index contributed by atoms with van der Waals surface area (Å²) >= 11 is 5.27. The molecule has 0 aliphatic carbocycles. The van der Waals surface area contributed by atoms with Gasteiger partial charge in [-0.05, 0) is 57.2 Å². The monoisotopic (exact) mass is 436 g/mol. The molecule has 0 aliphatic heterocycles. The van der Waals surface area contributed by atoms with Gasteiger partial charge < -0.3 is 4.90 Å². The summed E-state index contributed by atoms with van der Waals surface area (Å²) in [6.45, 7) is 0. The Kier molecular flexibility index (Phi) is 6.00. The van der Waals surface area contributed by atoms with E-state index in [-0.39, 0.29) is 4.90 Å². The van der Waals surface area contributed by atoms with Crippen LogP contribution in [0.3, 0.4) is 0 Å². The van der Waals surface area contributed by atoms with E-state index in [4.69, 9.17) is 12.2 Å². The van der Waals surface area contributed by atoms with E-state index >= 15 is 0 Å². The fraction of sp³-hybridized carbons (Fsp3) is 0.118. The zero-order valence-corrected chi connectivity index (χ0v) is 17.8. The molecule has 1 heterocycles. The van der Waals surface area contributed by atoms with Crippen molar-refractivity contribution in [3.63, 3.8) is 0 Å². The van der Waals surface area contributed by atoms with E-state index in [9.17, 15) is 8.42 Å². The molecular formula is C17H16N4O2S4. The van der Waals surface area contributed by atoms with Gasteiger partial charge in [-0.25, -0.2) is 0 Å². The quantitative estimate of drug-likeness (QED) is 0.468. The van der Waals surface area contributed by atoms with E-state index in [1.54, 1.807) is 41.8 Å². The van der Waals surface area contributed by atoms with Gasteiger partial charge in [0, 0.05) is 14.1 Å². The summed E-state index contributed by atoms with van der Waals surface area (Å²) in [6.07, 6.45) is 0. The molecule has 0 radical (unpaired) electrons. The smallest absolute Gasteiger partial charge is 0.285 e. The van der Waals surface area contributed by atoms with Crippen molar-refractivity contribution >= 4 is 48.0 Å². The predicted molar refractivity (Wildman–Crippen MR) is 113 cm³/mol. The van der Waals surface area contributed by atoms with Gasteiger partial charge in [-0.2, -0.15) is 13.4 Å². The normalized spacial score (nSPS) is 13.0. The molecule has 140 valence electrons. The van der Waals surface area contributed by atoms with Crippen LogP contribution >= 0.6 is 32.9 Å². The molecule has 0 atom stereocenters. The molecule has 0 saturated heterocycles. The number of hydrogen-bond acceptors (Lipinski definition) is 5. The van der Waals surface area contributed by atoms with Gasteiger partial charge >= 0.3 is 0 Å². The Hall–Kier alpha value is -2.14. The molecule has 0 N–H and O–H groups in total. The van der Waals surface area contributed by atoms with Gasteiger partial charge in [-0.1, -0.05) is 36.4 Å². The first-order chi connectivity index (χ1) is 12.9. The van der Waals surface area contributed by atoms with E-state index < -0.39 is 10.0 Å². The standard InChI is InChI=1S/C17H16N4O2S4/c1-20(2)15(24)18-16-21(13-9-5-3-6-10-13)17(26-25-16)19-27(22,23)14-11-7-4-8-12-14/h3-12H,1-2H3. The third-order valence-electron chi connectivity index (χ3n) is 3.40. The molecule has 0 fully saturated rings. The Labute approximate surface area is 169 Å². The van der Waals surface area contributed by atoms with E-state index in [0.29, 0.717) is 14.7 Å². The van der Waals surface area contributed by atoms with Crippen molar-refractivity contribution in [2.45, 2.75) is 4.90 Å². The molecule has 6 nitrogen and oxygen atoms in total. The number of rotatable bonds is 3. The number of para-hydroxylation sites is 1. The van der Waals surface area contributed by atoms with Gasteiger partial charge in [-0.15, -0.1) is 4.40 Å². The zero-order chi connectivity index (χ0) is 19.4. The Morgan fingerprint density at radius 1 is 0.963 bits per heavy atom. The Morgan fingerprint density at radius 3 is 2.11 bits per heavy atom. The number of sulfonamides is 1.